The summed E-state index contributed by atoms with van der Waals surface area (Å²) < 4.78 is 0. The fourth-order valence-corrected chi connectivity index (χ4v) is 2.87. The molecule has 0 saturated carbocycles. The van der Waals surface area contributed by atoms with Crippen molar-refractivity contribution < 1.29 is 0 Å². The highest BCUT2D eigenvalue weighted by Gasteiger charge is 2.03. The second kappa shape index (κ2) is 8.17. The van der Waals surface area contributed by atoms with Gasteiger partial charge in [-0.2, -0.15) is 0 Å². The zero-order valence-electron chi connectivity index (χ0n) is 15.6. The van der Waals surface area contributed by atoms with Gasteiger partial charge in [-0.25, -0.2) is 0 Å². The van der Waals surface area contributed by atoms with Crippen molar-refractivity contribution in [2.45, 2.75) is 67.2 Å². The van der Waals surface area contributed by atoms with Gasteiger partial charge in [-0.3, -0.25) is 0 Å². The highest BCUT2D eigenvalue weighted by Crippen LogP contribution is 2.21. The maximum Gasteiger partial charge on any atom is -0.0216 e. The number of hydrogen-bond acceptors (Lipinski definition) is 0. The molecule has 0 N–H and O–H groups in total. The van der Waals surface area contributed by atoms with Gasteiger partial charge in [-0.05, 0) is 67.3 Å². The molecule has 0 atom stereocenters. The summed E-state index contributed by atoms with van der Waals surface area (Å²) in [4.78, 5) is 0. The minimum atomic E-state index is 0.648. The topological polar surface area (TPSA) is 0 Å². The Morgan fingerprint density at radius 2 is 1.23 bits per heavy atom. The van der Waals surface area contributed by atoms with Gasteiger partial charge in [-0.1, -0.05) is 69.7 Å². The van der Waals surface area contributed by atoms with E-state index in [1.807, 2.05) is 0 Å². The fourth-order valence-electron chi connectivity index (χ4n) is 2.87. The molecular weight excluding hydrogens is 264 g/mol. The lowest BCUT2D eigenvalue weighted by molar-refractivity contribution is 0.854. The van der Waals surface area contributed by atoms with Crippen molar-refractivity contribution in [3.8, 4) is 0 Å². The van der Waals surface area contributed by atoms with Crippen LogP contribution in [0, 0.1) is 27.7 Å². The molecule has 0 nitrogen and oxygen atoms in total. The van der Waals surface area contributed by atoms with Crippen LogP contribution in [0.4, 0.5) is 0 Å². The largest absolute Gasteiger partial charge is 0.0617 e. The van der Waals surface area contributed by atoms with Crippen LogP contribution in [0.3, 0.4) is 0 Å². The van der Waals surface area contributed by atoms with Gasteiger partial charge >= 0.3 is 0 Å². The van der Waals surface area contributed by atoms with E-state index in [-0.39, 0.29) is 0 Å². The van der Waals surface area contributed by atoms with Gasteiger partial charge in [0.2, 0.25) is 0 Å². The first-order chi connectivity index (χ1) is 10.2. The van der Waals surface area contributed by atoms with E-state index < -0.39 is 0 Å². The predicted octanol–water partition coefficient (Wildman–Crippen LogP) is 6.85. The van der Waals surface area contributed by atoms with Crippen molar-refractivity contribution in [2.75, 3.05) is 0 Å². The molecule has 0 bridgehead atoms. The maximum atomic E-state index is 2.25. The Bertz CT molecular complexity index is 603. The highest BCUT2D eigenvalue weighted by atomic mass is 14.1. The molecular formula is C22H32. The Morgan fingerprint density at radius 3 is 1.68 bits per heavy atom. The van der Waals surface area contributed by atoms with E-state index in [1.54, 1.807) is 0 Å². The highest BCUT2D eigenvalue weighted by molar-refractivity contribution is 5.35. The third-order valence-electron chi connectivity index (χ3n) is 4.32. The summed E-state index contributed by atoms with van der Waals surface area (Å²) in [6.45, 7) is 17.6. The van der Waals surface area contributed by atoms with Crippen LogP contribution in [0.5, 0.6) is 0 Å². The molecule has 0 amide bonds. The Labute approximate surface area is 137 Å². The summed E-state index contributed by atoms with van der Waals surface area (Å²) in [5, 5.41) is 0. The Balaban J connectivity index is 0.000000220. The van der Waals surface area contributed by atoms with E-state index in [9.17, 15) is 0 Å². The standard InChI is InChI=1S/2C11H16/c1-8(2)11-6-5-9(3)7-10(11)4;1-8(2)11-7-5-6-9(3)10(11)4/h2*5-8H,1-4H3. The van der Waals surface area contributed by atoms with Crippen molar-refractivity contribution in [1.29, 1.82) is 0 Å². The lowest BCUT2D eigenvalue weighted by Gasteiger charge is -2.10. The molecule has 22 heavy (non-hydrogen) atoms. The van der Waals surface area contributed by atoms with Gasteiger partial charge in [0.1, 0.15) is 0 Å². The SMILES string of the molecule is Cc1ccc(C(C)C)c(C)c1.Cc1cccc(C(C)C)c1C. The van der Waals surface area contributed by atoms with Gasteiger partial charge < -0.3 is 0 Å². The monoisotopic (exact) mass is 296 g/mol. The van der Waals surface area contributed by atoms with Crippen LogP contribution in [-0.2, 0) is 0 Å². The molecule has 120 valence electrons. The van der Waals surface area contributed by atoms with E-state index in [0.717, 1.165) is 0 Å². The van der Waals surface area contributed by atoms with Crippen LogP contribution >= 0.6 is 0 Å². The molecule has 2 rings (SSSR count). The van der Waals surface area contributed by atoms with Crippen molar-refractivity contribution in [3.63, 3.8) is 0 Å². The lowest BCUT2D eigenvalue weighted by atomic mass is 9.95. The summed E-state index contributed by atoms with van der Waals surface area (Å²) >= 11 is 0. The Morgan fingerprint density at radius 1 is 0.636 bits per heavy atom. The minimum absolute atomic E-state index is 0.648. The van der Waals surface area contributed by atoms with E-state index in [4.69, 9.17) is 0 Å². The molecule has 2 aromatic carbocycles. The van der Waals surface area contributed by atoms with Crippen LogP contribution in [0.1, 0.15) is 72.9 Å². The summed E-state index contributed by atoms with van der Waals surface area (Å²) in [6.07, 6.45) is 0. The van der Waals surface area contributed by atoms with Crippen molar-refractivity contribution in [3.05, 3.63) is 69.8 Å². The zero-order valence-corrected chi connectivity index (χ0v) is 15.6. The molecule has 0 aliphatic carbocycles. The summed E-state index contributed by atoms with van der Waals surface area (Å²) in [5.74, 6) is 1.30. The molecule has 0 fully saturated rings. The number of aryl methyl sites for hydroxylation is 3. The van der Waals surface area contributed by atoms with E-state index >= 15 is 0 Å². The van der Waals surface area contributed by atoms with E-state index in [0.29, 0.717) is 11.8 Å². The van der Waals surface area contributed by atoms with Gasteiger partial charge in [0, 0.05) is 0 Å². The smallest absolute Gasteiger partial charge is 0.0216 e. The normalized spacial score (nSPS) is 10.6. The lowest BCUT2D eigenvalue weighted by Crippen LogP contribution is -1.93. The quantitative estimate of drug-likeness (QED) is 0.568. The van der Waals surface area contributed by atoms with Crippen LogP contribution < -0.4 is 0 Å². The molecule has 0 heterocycles. The number of hydrogen-bond donors (Lipinski definition) is 0. The number of rotatable bonds is 2. The molecule has 0 saturated heterocycles. The molecule has 0 aliphatic rings. The first-order valence-electron chi connectivity index (χ1n) is 8.37. The maximum absolute atomic E-state index is 2.25. The molecule has 0 aliphatic heterocycles. The average Bonchev–Trinajstić information content (AvgIpc) is 2.41. The molecule has 0 heteroatoms. The number of benzene rings is 2. The van der Waals surface area contributed by atoms with E-state index in [2.05, 4.69) is 91.8 Å². The van der Waals surface area contributed by atoms with Crippen LogP contribution in [0.15, 0.2) is 36.4 Å². The third kappa shape index (κ3) is 5.02. The first kappa shape index (κ1) is 18.5. The molecule has 0 spiro atoms. The summed E-state index contributed by atoms with van der Waals surface area (Å²) in [7, 11) is 0. The first-order valence-corrected chi connectivity index (χ1v) is 8.37. The zero-order chi connectivity index (χ0) is 16.9. The molecule has 2 aromatic rings. The van der Waals surface area contributed by atoms with Crippen LogP contribution in [0.25, 0.3) is 0 Å². The Kier molecular flexibility index (Phi) is 6.87. The van der Waals surface area contributed by atoms with Crippen LogP contribution in [-0.4, -0.2) is 0 Å². The van der Waals surface area contributed by atoms with Crippen molar-refractivity contribution in [1.82, 2.24) is 0 Å². The van der Waals surface area contributed by atoms with Gasteiger partial charge in [-0.15, -0.1) is 0 Å². The second-order valence-electron chi connectivity index (χ2n) is 6.96. The fraction of sp³-hybridized carbons (Fsp3) is 0.455. The van der Waals surface area contributed by atoms with Gasteiger partial charge in [0.25, 0.3) is 0 Å². The predicted molar refractivity (Wildman–Crippen MR) is 100 cm³/mol. The summed E-state index contributed by atoms with van der Waals surface area (Å²) in [6, 6.07) is 13.2. The third-order valence-corrected chi connectivity index (χ3v) is 4.32. The van der Waals surface area contributed by atoms with E-state index in [1.165, 1.54) is 33.4 Å². The molecule has 0 aromatic heterocycles. The summed E-state index contributed by atoms with van der Waals surface area (Å²) in [5.41, 5.74) is 8.56. The van der Waals surface area contributed by atoms with Gasteiger partial charge in [0.05, 0.1) is 0 Å². The molecule has 0 unspecified atom stereocenters. The van der Waals surface area contributed by atoms with Gasteiger partial charge in [0.15, 0.2) is 0 Å². The second-order valence-corrected chi connectivity index (χ2v) is 6.96. The average molecular weight is 296 g/mol. The van der Waals surface area contributed by atoms with Crippen molar-refractivity contribution in [2.24, 2.45) is 0 Å². The van der Waals surface area contributed by atoms with Crippen LogP contribution in [0.2, 0.25) is 0 Å². The Hall–Kier alpha value is -1.56. The minimum Gasteiger partial charge on any atom is -0.0617 e. The van der Waals surface area contributed by atoms with Crippen molar-refractivity contribution >= 4 is 0 Å². The molecule has 0 radical (unpaired) electrons.